The Morgan fingerprint density at radius 2 is 2.29 bits per heavy atom. The van der Waals surface area contributed by atoms with Crippen LogP contribution in [0.25, 0.3) is 0 Å². The lowest BCUT2D eigenvalue weighted by Gasteiger charge is -2.04. The Balaban J connectivity index is 2.25. The number of amides is 1. The molecule has 0 atom stereocenters. The maximum atomic E-state index is 12.9. The molecule has 1 amide bonds. The van der Waals surface area contributed by atoms with Gasteiger partial charge >= 0.3 is 0 Å². The minimum absolute atomic E-state index is 0.0434. The molecule has 2 aromatic rings. The Morgan fingerprint density at radius 3 is 2.94 bits per heavy atom. The number of aromatic nitrogens is 1. The van der Waals surface area contributed by atoms with Gasteiger partial charge in [0.15, 0.2) is 5.69 Å². The third kappa shape index (κ3) is 2.29. The average molecular weight is 231 g/mol. The molecule has 0 fully saturated rings. The molecule has 0 radical (unpaired) electrons. The number of nitriles is 1. The van der Waals surface area contributed by atoms with E-state index in [0.717, 1.165) is 12.1 Å². The molecule has 5 nitrogen and oxygen atoms in total. The van der Waals surface area contributed by atoms with Gasteiger partial charge in [0.1, 0.15) is 18.1 Å². The fourth-order valence-corrected chi connectivity index (χ4v) is 1.23. The summed E-state index contributed by atoms with van der Waals surface area (Å²) in [5.74, 6) is -1.07. The van der Waals surface area contributed by atoms with Crippen molar-refractivity contribution in [3.05, 3.63) is 47.6 Å². The van der Waals surface area contributed by atoms with Crippen LogP contribution in [0.1, 0.15) is 16.1 Å². The summed E-state index contributed by atoms with van der Waals surface area (Å²) in [4.78, 5) is 11.6. The molecule has 0 saturated carbocycles. The lowest BCUT2D eigenvalue weighted by Crippen LogP contribution is -2.13. The monoisotopic (exact) mass is 231 g/mol. The highest BCUT2D eigenvalue weighted by Gasteiger charge is 2.12. The van der Waals surface area contributed by atoms with Gasteiger partial charge in [-0.1, -0.05) is 5.16 Å². The van der Waals surface area contributed by atoms with Crippen molar-refractivity contribution in [2.75, 3.05) is 5.32 Å². The molecule has 1 aromatic heterocycles. The first-order chi connectivity index (χ1) is 8.20. The molecule has 1 aromatic carbocycles. The van der Waals surface area contributed by atoms with Gasteiger partial charge in [-0.15, -0.1) is 0 Å². The maximum Gasteiger partial charge on any atom is 0.277 e. The minimum Gasteiger partial charge on any atom is -0.364 e. The molecule has 0 aliphatic carbocycles. The van der Waals surface area contributed by atoms with E-state index in [9.17, 15) is 9.18 Å². The van der Waals surface area contributed by atoms with Crippen LogP contribution in [-0.4, -0.2) is 11.1 Å². The maximum absolute atomic E-state index is 12.9. The summed E-state index contributed by atoms with van der Waals surface area (Å²) in [6.45, 7) is 0. The quantitative estimate of drug-likeness (QED) is 0.856. The molecule has 0 aliphatic rings. The Bertz CT molecular complexity index is 587. The van der Waals surface area contributed by atoms with Crippen molar-refractivity contribution in [2.24, 2.45) is 0 Å². The molecule has 0 saturated heterocycles. The normalized spacial score (nSPS) is 9.65. The molecule has 0 spiro atoms. The van der Waals surface area contributed by atoms with Gasteiger partial charge in [0, 0.05) is 6.07 Å². The van der Waals surface area contributed by atoms with Crippen molar-refractivity contribution in [3.8, 4) is 6.07 Å². The number of carbonyl (C=O) groups is 1. The van der Waals surface area contributed by atoms with E-state index < -0.39 is 11.7 Å². The Hall–Kier alpha value is -2.68. The van der Waals surface area contributed by atoms with Crippen LogP contribution in [0.3, 0.4) is 0 Å². The largest absolute Gasteiger partial charge is 0.364 e. The number of benzene rings is 1. The van der Waals surface area contributed by atoms with E-state index in [-0.39, 0.29) is 16.9 Å². The lowest BCUT2D eigenvalue weighted by molar-refractivity contribution is 0.101. The molecule has 1 N–H and O–H groups in total. The lowest BCUT2D eigenvalue weighted by atomic mass is 10.2. The number of carbonyl (C=O) groups excluding carboxylic acids is 1. The molecule has 1 heterocycles. The van der Waals surface area contributed by atoms with Gasteiger partial charge < -0.3 is 9.84 Å². The fourth-order valence-electron chi connectivity index (χ4n) is 1.23. The first-order valence-corrected chi connectivity index (χ1v) is 4.62. The Morgan fingerprint density at radius 1 is 1.47 bits per heavy atom. The Kier molecular flexibility index (Phi) is 2.83. The summed E-state index contributed by atoms with van der Waals surface area (Å²) >= 11 is 0. The number of hydrogen-bond donors (Lipinski definition) is 1. The van der Waals surface area contributed by atoms with Crippen LogP contribution in [-0.2, 0) is 0 Å². The van der Waals surface area contributed by atoms with Gasteiger partial charge in [0.05, 0.1) is 11.3 Å². The third-order valence-electron chi connectivity index (χ3n) is 2.02. The van der Waals surface area contributed by atoms with Crippen molar-refractivity contribution in [1.29, 1.82) is 5.26 Å². The predicted molar refractivity (Wildman–Crippen MR) is 55.6 cm³/mol. The second-order valence-corrected chi connectivity index (χ2v) is 3.14. The SMILES string of the molecule is N#Cc1cc(F)ccc1NC(=O)c1ccon1. The number of rotatable bonds is 2. The number of hydrogen-bond acceptors (Lipinski definition) is 4. The fraction of sp³-hybridized carbons (Fsp3) is 0. The average Bonchev–Trinajstić information content (AvgIpc) is 2.85. The predicted octanol–water partition coefficient (Wildman–Crippen LogP) is 1.94. The summed E-state index contributed by atoms with van der Waals surface area (Å²) < 4.78 is 17.4. The van der Waals surface area contributed by atoms with Crippen molar-refractivity contribution < 1.29 is 13.7 Å². The molecule has 0 aliphatic heterocycles. The topological polar surface area (TPSA) is 78.9 Å². The van der Waals surface area contributed by atoms with E-state index >= 15 is 0 Å². The van der Waals surface area contributed by atoms with Crippen molar-refractivity contribution in [3.63, 3.8) is 0 Å². The number of anilines is 1. The van der Waals surface area contributed by atoms with Crippen LogP contribution in [0, 0.1) is 17.1 Å². The first kappa shape index (κ1) is 10.8. The van der Waals surface area contributed by atoms with Gasteiger partial charge in [-0.25, -0.2) is 4.39 Å². The molecule has 0 bridgehead atoms. The van der Waals surface area contributed by atoms with Gasteiger partial charge in [0.2, 0.25) is 0 Å². The summed E-state index contributed by atoms with van der Waals surface area (Å²) in [5, 5.41) is 14.7. The van der Waals surface area contributed by atoms with Crippen LogP contribution >= 0.6 is 0 Å². The second-order valence-electron chi connectivity index (χ2n) is 3.14. The van der Waals surface area contributed by atoms with Gasteiger partial charge in [-0.3, -0.25) is 4.79 Å². The molecular weight excluding hydrogens is 225 g/mol. The Labute approximate surface area is 95.5 Å². The van der Waals surface area contributed by atoms with E-state index in [0.29, 0.717) is 0 Å². The van der Waals surface area contributed by atoms with Crippen LogP contribution in [0.15, 0.2) is 35.1 Å². The highest BCUT2D eigenvalue weighted by atomic mass is 19.1. The van der Waals surface area contributed by atoms with E-state index in [1.54, 1.807) is 6.07 Å². The summed E-state index contributed by atoms with van der Waals surface area (Å²) in [7, 11) is 0. The second kappa shape index (κ2) is 4.45. The summed E-state index contributed by atoms with van der Waals surface area (Å²) in [6, 6.07) is 6.67. The van der Waals surface area contributed by atoms with Gasteiger partial charge in [-0.05, 0) is 18.2 Å². The molecular formula is C11H6FN3O2. The van der Waals surface area contributed by atoms with Crippen molar-refractivity contribution in [2.45, 2.75) is 0 Å². The number of nitrogens with one attached hydrogen (secondary N) is 1. The zero-order valence-electron chi connectivity index (χ0n) is 8.48. The van der Waals surface area contributed by atoms with Crippen molar-refractivity contribution >= 4 is 11.6 Å². The van der Waals surface area contributed by atoms with Crippen LogP contribution < -0.4 is 5.32 Å². The van der Waals surface area contributed by atoms with Crippen LogP contribution in [0.2, 0.25) is 0 Å². The van der Waals surface area contributed by atoms with Crippen LogP contribution in [0.4, 0.5) is 10.1 Å². The number of nitrogens with zero attached hydrogens (tertiary/aromatic N) is 2. The molecule has 84 valence electrons. The highest BCUT2D eigenvalue weighted by molar-refractivity contribution is 6.03. The summed E-state index contributed by atoms with van der Waals surface area (Å²) in [6.07, 6.45) is 1.25. The first-order valence-electron chi connectivity index (χ1n) is 4.62. The highest BCUT2D eigenvalue weighted by Crippen LogP contribution is 2.16. The molecule has 0 unspecified atom stereocenters. The van der Waals surface area contributed by atoms with Crippen LogP contribution in [0.5, 0.6) is 0 Å². The molecule has 17 heavy (non-hydrogen) atoms. The van der Waals surface area contributed by atoms with Gasteiger partial charge in [0.25, 0.3) is 5.91 Å². The van der Waals surface area contributed by atoms with E-state index in [1.165, 1.54) is 18.4 Å². The molecule has 2 rings (SSSR count). The zero-order valence-corrected chi connectivity index (χ0v) is 8.48. The smallest absolute Gasteiger partial charge is 0.277 e. The zero-order chi connectivity index (χ0) is 12.3. The molecule has 6 heteroatoms. The van der Waals surface area contributed by atoms with Crippen molar-refractivity contribution in [1.82, 2.24) is 5.16 Å². The van der Waals surface area contributed by atoms with E-state index in [1.807, 2.05) is 0 Å². The van der Waals surface area contributed by atoms with E-state index in [2.05, 4.69) is 15.0 Å². The third-order valence-corrected chi connectivity index (χ3v) is 2.02. The summed E-state index contributed by atoms with van der Waals surface area (Å²) in [5.41, 5.74) is 0.349. The number of halogens is 1. The standard InChI is InChI=1S/C11H6FN3O2/c12-8-1-2-9(7(5-8)6-13)14-11(16)10-3-4-17-15-10/h1-5H,(H,14,16). The van der Waals surface area contributed by atoms with E-state index in [4.69, 9.17) is 5.26 Å². The van der Waals surface area contributed by atoms with Gasteiger partial charge in [-0.2, -0.15) is 5.26 Å². The minimum atomic E-state index is -0.541.